The van der Waals surface area contributed by atoms with E-state index in [0.717, 1.165) is 49.9 Å². The van der Waals surface area contributed by atoms with Gasteiger partial charge in [0, 0.05) is 24.7 Å². The van der Waals surface area contributed by atoms with Crippen molar-refractivity contribution < 1.29 is 13.2 Å². The summed E-state index contributed by atoms with van der Waals surface area (Å²) in [6.45, 7) is 9.08. The van der Waals surface area contributed by atoms with E-state index in [0.29, 0.717) is 17.8 Å². The lowest BCUT2D eigenvalue weighted by atomic mass is 9.67. The Kier molecular flexibility index (Phi) is 8.19. The Hall–Kier alpha value is -2.58. The number of nitrogens with zero attached hydrogens (tertiary/aromatic N) is 1. The number of aromatic nitrogens is 1. The summed E-state index contributed by atoms with van der Waals surface area (Å²) in [6.07, 6.45) is 3.99. The van der Waals surface area contributed by atoms with E-state index in [4.69, 9.17) is 4.98 Å². The van der Waals surface area contributed by atoms with Crippen LogP contribution in [0.1, 0.15) is 100 Å². The molecule has 1 heterocycles. The smallest absolute Gasteiger partial charge is 0.300 e. The van der Waals surface area contributed by atoms with Crippen LogP contribution in [0.3, 0.4) is 0 Å². The largest absolute Gasteiger partial charge is 0.406 e. The second kappa shape index (κ2) is 11.0. The summed E-state index contributed by atoms with van der Waals surface area (Å²) < 4.78 is 39.8. The summed E-state index contributed by atoms with van der Waals surface area (Å²) in [5.41, 5.74) is 5.73. The predicted octanol–water partition coefficient (Wildman–Crippen LogP) is 8.46. The van der Waals surface area contributed by atoms with Crippen LogP contribution < -0.4 is 5.32 Å². The number of halogens is 3. The van der Waals surface area contributed by atoms with Gasteiger partial charge in [0.1, 0.15) is 5.54 Å². The third-order valence-electron chi connectivity index (χ3n) is 8.27. The zero-order valence-corrected chi connectivity index (χ0v) is 22.7. The molecule has 2 atom stereocenters. The summed E-state index contributed by atoms with van der Waals surface area (Å²) in [4.78, 5) is 4.79. The first-order valence-electron chi connectivity index (χ1n) is 13.6. The van der Waals surface area contributed by atoms with Gasteiger partial charge in [-0.05, 0) is 79.7 Å². The molecule has 0 saturated heterocycles. The van der Waals surface area contributed by atoms with Crippen molar-refractivity contribution in [1.29, 1.82) is 0 Å². The fourth-order valence-electron chi connectivity index (χ4n) is 5.42. The van der Waals surface area contributed by atoms with Crippen molar-refractivity contribution in [2.24, 2.45) is 11.8 Å². The number of hydrogen-bond acceptors (Lipinski definition) is 2. The number of aryl methyl sites for hydroxylation is 1. The molecule has 0 aliphatic heterocycles. The Balaban J connectivity index is 1.75. The van der Waals surface area contributed by atoms with Gasteiger partial charge < -0.3 is 0 Å². The predicted molar refractivity (Wildman–Crippen MR) is 146 cm³/mol. The van der Waals surface area contributed by atoms with Crippen molar-refractivity contribution in [2.75, 3.05) is 0 Å². The molecule has 2 aliphatic carbocycles. The summed E-state index contributed by atoms with van der Waals surface area (Å²) in [7, 11) is 0. The Labute approximate surface area is 220 Å². The first kappa shape index (κ1) is 27.5. The maximum absolute atomic E-state index is 13.3. The molecule has 1 saturated carbocycles. The molecule has 0 bridgehead atoms. The number of unbranched alkanes of at least 4 members (excludes halogenated alkanes) is 1. The second-order valence-corrected chi connectivity index (χ2v) is 11.4. The number of alkyl halides is 3. The molecule has 0 amide bonds. The summed E-state index contributed by atoms with van der Waals surface area (Å²) in [6, 6.07) is 10.6. The molecule has 1 fully saturated rings. The summed E-state index contributed by atoms with van der Waals surface area (Å²) in [5, 5.41) is 2.63. The van der Waals surface area contributed by atoms with Crippen LogP contribution in [0.15, 0.2) is 36.5 Å². The Morgan fingerprint density at radius 3 is 2.46 bits per heavy atom. The van der Waals surface area contributed by atoms with Crippen LogP contribution in [-0.4, -0.2) is 16.7 Å². The zero-order valence-electron chi connectivity index (χ0n) is 22.7. The molecule has 1 N–H and O–H groups in total. The molecule has 1 aromatic carbocycles. The van der Waals surface area contributed by atoms with Gasteiger partial charge in [0.15, 0.2) is 0 Å². The normalized spacial score (nSPS) is 20.5. The molecule has 0 radical (unpaired) electrons. The maximum Gasteiger partial charge on any atom is 0.406 e. The molecule has 2 aromatic rings. The van der Waals surface area contributed by atoms with Gasteiger partial charge >= 0.3 is 6.18 Å². The summed E-state index contributed by atoms with van der Waals surface area (Å²) in [5.74, 6) is 8.56. The second-order valence-electron chi connectivity index (χ2n) is 11.4. The average Bonchev–Trinajstić information content (AvgIpc) is 2.92. The molecule has 0 spiro atoms. The minimum Gasteiger partial charge on any atom is -0.300 e. The first-order chi connectivity index (χ1) is 17.5. The van der Waals surface area contributed by atoms with Crippen LogP contribution in [-0.2, 0) is 6.54 Å². The topological polar surface area (TPSA) is 24.9 Å². The minimum atomic E-state index is -4.32. The van der Waals surface area contributed by atoms with Crippen LogP contribution in [0.25, 0.3) is 11.1 Å². The highest BCUT2D eigenvalue weighted by atomic mass is 19.4. The van der Waals surface area contributed by atoms with E-state index in [1.54, 1.807) is 6.20 Å². The van der Waals surface area contributed by atoms with Gasteiger partial charge in [-0.1, -0.05) is 74.8 Å². The Bertz CT molecular complexity index is 1190. The van der Waals surface area contributed by atoms with Gasteiger partial charge in [-0.3, -0.25) is 10.3 Å². The summed E-state index contributed by atoms with van der Waals surface area (Å²) >= 11 is 0. The van der Waals surface area contributed by atoms with Crippen LogP contribution in [0.2, 0.25) is 0 Å². The number of rotatable bonds is 6. The third-order valence-corrected chi connectivity index (χ3v) is 8.27. The fourth-order valence-corrected chi connectivity index (χ4v) is 5.42. The van der Waals surface area contributed by atoms with E-state index in [-0.39, 0.29) is 6.54 Å². The molecule has 5 heteroatoms. The fraction of sp³-hybridized carbons (Fsp3) is 0.531. The number of hydrogen-bond donors (Lipinski definition) is 1. The highest BCUT2D eigenvalue weighted by Gasteiger charge is 2.46. The molecule has 4 rings (SSSR count). The van der Waals surface area contributed by atoms with Crippen molar-refractivity contribution in [3.63, 3.8) is 0 Å². The molecule has 2 nitrogen and oxygen atoms in total. The van der Waals surface area contributed by atoms with Gasteiger partial charge in [0.25, 0.3) is 0 Å². The van der Waals surface area contributed by atoms with Crippen molar-refractivity contribution in [3.8, 4) is 11.8 Å². The minimum absolute atomic E-state index is 0.103. The molecule has 1 aromatic heterocycles. The van der Waals surface area contributed by atoms with Crippen LogP contribution in [0, 0.1) is 30.6 Å². The van der Waals surface area contributed by atoms with Crippen molar-refractivity contribution >= 4 is 11.1 Å². The van der Waals surface area contributed by atoms with Crippen LogP contribution in [0.5, 0.6) is 0 Å². The van der Waals surface area contributed by atoms with E-state index >= 15 is 0 Å². The first-order valence-corrected chi connectivity index (χ1v) is 13.6. The van der Waals surface area contributed by atoms with E-state index in [2.05, 4.69) is 56.1 Å². The molecule has 198 valence electrons. The van der Waals surface area contributed by atoms with Gasteiger partial charge in [-0.2, -0.15) is 13.2 Å². The average molecular weight is 509 g/mol. The van der Waals surface area contributed by atoms with Crippen LogP contribution >= 0.6 is 0 Å². The number of allylic oxidation sites excluding steroid dienone is 2. The van der Waals surface area contributed by atoms with Gasteiger partial charge in [-0.15, -0.1) is 0 Å². The standard InChI is InChI=1S/C32H39F3N2/c1-6-7-8-12-25-26-15-13-21(2)17-28(26)22(3)27(24-10-9-11-24)18-29(25)30-16-14-23(19-36-30)20-37-31(4,5)32(33,34)35/h13-17,19,22,24,27,37H,6-7,9-11,18,20H2,1-5H3. The molecular formula is C32H39F3N2. The van der Waals surface area contributed by atoms with E-state index in [1.807, 2.05) is 12.1 Å². The Morgan fingerprint density at radius 1 is 1.11 bits per heavy atom. The highest BCUT2D eigenvalue weighted by Crippen LogP contribution is 2.50. The zero-order chi connectivity index (χ0) is 26.8. The molecule has 2 aliphatic rings. The molecule has 37 heavy (non-hydrogen) atoms. The number of fused-ring (bicyclic) bond motifs is 1. The highest BCUT2D eigenvalue weighted by molar-refractivity contribution is 5.99. The van der Waals surface area contributed by atoms with Crippen molar-refractivity contribution in [1.82, 2.24) is 10.3 Å². The number of pyridine rings is 1. The lowest BCUT2D eigenvalue weighted by Crippen LogP contribution is -2.51. The van der Waals surface area contributed by atoms with E-state index < -0.39 is 11.7 Å². The molecular weight excluding hydrogens is 469 g/mol. The van der Waals surface area contributed by atoms with Gasteiger partial charge in [-0.25, -0.2) is 0 Å². The van der Waals surface area contributed by atoms with Crippen LogP contribution in [0.4, 0.5) is 13.2 Å². The van der Waals surface area contributed by atoms with E-state index in [1.165, 1.54) is 41.5 Å². The lowest BCUT2D eigenvalue weighted by Gasteiger charge is -2.37. The molecule has 2 unspecified atom stereocenters. The maximum atomic E-state index is 13.3. The Morgan fingerprint density at radius 2 is 1.86 bits per heavy atom. The SMILES string of the molecule is CCCC#CC1=C(c2ccc(CNC(C)(C)C(F)(F)F)cn2)CC(C2CCC2)C(C)c2cc(C)ccc21. The quantitative estimate of drug-likeness (QED) is 0.396. The van der Waals surface area contributed by atoms with Gasteiger partial charge in [0.2, 0.25) is 0 Å². The number of benzene rings is 1. The van der Waals surface area contributed by atoms with Gasteiger partial charge in [0.05, 0.1) is 5.69 Å². The van der Waals surface area contributed by atoms with Crippen molar-refractivity contribution in [3.05, 3.63) is 64.5 Å². The lowest BCUT2D eigenvalue weighted by molar-refractivity contribution is -0.186. The van der Waals surface area contributed by atoms with Crippen molar-refractivity contribution in [2.45, 2.75) is 97.3 Å². The monoisotopic (exact) mass is 508 g/mol. The van der Waals surface area contributed by atoms with E-state index in [9.17, 15) is 13.2 Å². The third kappa shape index (κ3) is 5.96. The number of nitrogens with one attached hydrogen (secondary N) is 1.